The molecule has 0 radical (unpaired) electrons. The van der Waals surface area contributed by atoms with Crippen LogP contribution in [0.5, 0.6) is 0 Å². The van der Waals surface area contributed by atoms with Gasteiger partial charge in [0.2, 0.25) is 5.82 Å². The van der Waals surface area contributed by atoms with E-state index < -0.39 is 12.0 Å². The Morgan fingerprint density at radius 2 is 1.67 bits per heavy atom. The minimum Gasteiger partial charge on any atom is -0.370 e. The summed E-state index contributed by atoms with van der Waals surface area (Å²) in [7, 11) is 0. The van der Waals surface area contributed by atoms with Crippen LogP contribution in [0.4, 0.5) is 24.8 Å². The summed E-state index contributed by atoms with van der Waals surface area (Å²) in [6, 6.07) is 1.36. The minimum atomic E-state index is -4.61. The largest absolute Gasteiger partial charge is 0.451 e. The van der Waals surface area contributed by atoms with Crippen LogP contribution in [0.25, 0.3) is 0 Å². The van der Waals surface area contributed by atoms with E-state index in [1.54, 1.807) is 0 Å². The van der Waals surface area contributed by atoms with Gasteiger partial charge in [0.25, 0.3) is 0 Å². The van der Waals surface area contributed by atoms with Crippen LogP contribution in [0.3, 0.4) is 0 Å². The molecule has 0 amide bonds. The SMILES string of the molecule is CC1(C)C(CNc2cc(NN)nc(C(F)(F)F)n2)C1(C)C. The van der Waals surface area contributed by atoms with Crippen LogP contribution in [0.1, 0.15) is 33.5 Å². The van der Waals surface area contributed by atoms with E-state index in [0.29, 0.717) is 12.5 Å². The van der Waals surface area contributed by atoms with Gasteiger partial charge < -0.3 is 10.7 Å². The molecule has 0 aromatic carbocycles. The third-order valence-corrected chi connectivity index (χ3v) is 4.93. The summed E-state index contributed by atoms with van der Waals surface area (Å²) >= 11 is 0. The molecule has 0 saturated heterocycles. The third-order valence-electron chi connectivity index (χ3n) is 4.93. The van der Waals surface area contributed by atoms with Gasteiger partial charge in [-0.15, -0.1) is 0 Å². The van der Waals surface area contributed by atoms with Crippen molar-refractivity contribution in [3.63, 3.8) is 0 Å². The Balaban J connectivity index is 2.14. The summed E-state index contributed by atoms with van der Waals surface area (Å²) in [4.78, 5) is 6.82. The highest BCUT2D eigenvalue weighted by Crippen LogP contribution is 2.68. The number of nitrogen functional groups attached to an aromatic ring is 1. The van der Waals surface area contributed by atoms with Crippen LogP contribution in [0.2, 0.25) is 0 Å². The molecular weight excluding hydrogens is 283 g/mol. The average Bonchev–Trinajstić information content (AvgIpc) is 2.75. The highest BCUT2D eigenvalue weighted by molar-refractivity contribution is 5.47. The maximum absolute atomic E-state index is 12.7. The first kappa shape index (κ1) is 15.8. The Kier molecular flexibility index (Phi) is 3.56. The van der Waals surface area contributed by atoms with E-state index in [2.05, 4.69) is 48.4 Å². The van der Waals surface area contributed by atoms with Gasteiger partial charge in [-0.05, 0) is 16.7 Å². The Morgan fingerprint density at radius 1 is 1.14 bits per heavy atom. The second kappa shape index (κ2) is 4.72. The van der Waals surface area contributed by atoms with Crippen molar-refractivity contribution in [1.29, 1.82) is 0 Å². The predicted octanol–water partition coefficient (Wildman–Crippen LogP) is 2.88. The number of anilines is 2. The maximum Gasteiger partial charge on any atom is 0.451 e. The lowest BCUT2D eigenvalue weighted by Gasteiger charge is -2.12. The van der Waals surface area contributed by atoms with Gasteiger partial charge in [-0.2, -0.15) is 13.2 Å². The molecular formula is C13H20F3N5. The number of rotatable bonds is 4. The summed E-state index contributed by atoms with van der Waals surface area (Å²) in [5, 5.41) is 2.96. The van der Waals surface area contributed by atoms with Crippen LogP contribution < -0.4 is 16.6 Å². The zero-order chi connectivity index (χ0) is 16.1. The van der Waals surface area contributed by atoms with Crippen LogP contribution in [0, 0.1) is 16.7 Å². The molecule has 0 spiro atoms. The Labute approximate surface area is 121 Å². The van der Waals surface area contributed by atoms with E-state index in [9.17, 15) is 13.2 Å². The fourth-order valence-corrected chi connectivity index (χ4v) is 2.79. The summed E-state index contributed by atoms with van der Waals surface area (Å²) in [5.74, 6) is 4.34. The smallest absolute Gasteiger partial charge is 0.370 e. The fraction of sp³-hybridized carbons (Fsp3) is 0.692. The molecule has 1 aromatic heterocycles. The molecule has 0 unspecified atom stereocenters. The number of hydrogen-bond acceptors (Lipinski definition) is 5. The van der Waals surface area contributed by atoms with Crippen molar-refractivity contribution in [2.24, 2.45) is 22.6 Å². The molecule has 1 aliphatic carbocycles. The van der Waals surface area contributed by atoms with Crippen molar-refractivity contribution < 1.29 is 13.2 Å². The normalized spacial score (nSPS) is 20.2. The number of halogens is 3. The summed E-state index contributed by atoms with van der Waals surface area (Å²) in [6.07, 6.45) is -4.61. The zero-order valence-corrected chi connectivity index (χ0v) is 12.5. The van der Waals surface area contributed by atoms with Crippen LogP contribution in [-0.4, -0.2) is 16.5 Å². The lowest BCUT2D eigenvalue weighted by molar-refractivity contribution is -0.144. The molecule has 1 aromatic rings. The van der Waals surface area contributed by atoms with Gasteiger partial charge in [0.1, 0.15) is 11.6 Å². The zero-order valence-electron chi connectivity index (χ0n) is 12.5. The molecule has 118 valence electrons. The molecule has 1 aliphatic rings. The lowest BCUT2D eigenvalue weighted by atomic mass is 10.0. The van der Waals surface area contributed by atoms with Gasteiger partial charge in [-0.1, -0.05) is 27.7 Å². The second-order valence-electron chi connectivity index (χ2n) is 6.48. The summed E-state index contributed by atoms with van der Waals surface area (Å²) < 4.78 is 38.2. The van der Waals surface area contributed by atoms with Crippen molar-refractivity contribution >= 4 is 11.6 Å². The molecule has 0 atom stereocenters. The molecule has 1 saturated carbocycles. The van der Waals surface area contributed by atoms with E-state index in [1.807, 2.05) is 0 Å². The van der Waals surface area contributed by atoms with E-state index in [4.69, 9.17) is 5.84 Å². The monoisotopic (exact) mass is 303 g/mol. The quantitative estimate of drug-likeness (QED) is 0.589. The van der Waals surface area contributed by atoms with Gasteiger partial charge in [-0.3, -0.25) is 0 Å². The molecule has 2 rings (SSSR count). The molecule has 0 bridgehead atoms. The second-order valence-corrected chi connectivity index (χ2v) is 6.48. The van der Waals surface area contributed by atoms with Crippen molar-refractivity contribution in [3.8, 4) is 0 Å². The number of nitrogens with zero attached hydrogens (tertiary/aromatic N) is 2. The minimum absolute atomic E-state index is 0.0749. The fourth-order valence-electron chi connectivity index (χ4n) is 2.79. The molecule has 4 N–H and O–H groups in total. The van der Waals surface area contributed by atoms with Gasteiger partial charge in [0.15, 0.2) is 0 Å². The van der Waals surface area contributed by atoms with E-state index in [0.717, 1.165) is 0 Å². The number of nitrogens with two attached hydrogens (primary N) is 1. The summed E-state index contributed by atoms with van der Waals surface area (Å²) in [5.41, 5.74) is 2.42. The average molecular weight is 303 g/mol. The molecule has 1 fully saturated rings. The highest BCUT2D eigenvalue weighted by Gasteiger charge is 2.64. The number of alkyl halides is 3. The van der Waals surface area contributed by atoms with Gasteiger partial charge >= 0.3 is 6.18 Å². The number of aromatic nitrogens is 2. The summed E-state index contributed by atoms with van der Waals surface area (Å²) in [6.45, 7) is 9.14. The van der Waals surface area contributed by atoms with Crippen LogP contribution in [-0.2, 0) is 6.18 Å². The van der Waals surface area contributed by atoms with Crippen molar-refractivity contribution in [2.75, 3.05) is 17.3 Å². The first-order chi connectivity index (χ1) is 9.50. The number of nitrogens with one attached hydrogen (secondary N) is 2. The molecule has 5 nitrogen and oxygen atoms in total. The van der Waals surface area contributed by atoms with E-state index in [1.165, 1.54) is 6.07 Å². The van der Waals surface area contributed by atoms with E-state index in [-0.39, 0.29) is 22.5 Å². The lowest BCUT2D eigenvalue weighted by Crippen LogP contribution is -2.18. The van der Waals surface area contributed by atoms with Crippen molar-refractivity contribution in [3.05, 3.63) is 11.9 Å². The maximum atomic E-state index is 12.7. The van der Waals surface area contributed by atoms with Crippen molar-refractivity contribution in [2.45, 2.75) is 33.9 Å². The van der Waals surface area contributed by atoms with Gasteiger partial charge in [0.05, 0.1) is 0 Å². The van der Waals surface area contributed by atoms with Crippen molar-refractivity contribution in [1.82, 2.24) is 9.97 Å². The highest BCUT2D eigenvalue weighted by atomic mass is 19.4. The number of hydrazine groups is 1. The molecule has 0 aliphatic heterocycles. The first-order valence-corrected chi connectivity index (χ1v) is 6.67. The van der Waals surface area contributed by atoms with Gasteiger partial charge in [-0.25, -0.2) is 15.8 Å². The van der Waals surface area contributed by atoms with Crippen LogP contribution in [0.15, 0.2) is 6.07 Å². The van der Waals surface area contributed by atoms with Crippen LogP contribution >= 0.6 is 0 Å². The third kappa shape index (κ3) is 2.76. The first-order valence-electron chi connectivity index (χ1n) is 6.67. The molecule has 1 heterocycles. The van der Waals surface area contributed by atoms with E-state index >= 15 is 0 Å². The molecule has 8 heteroatoms. The number of hydrogen-bond donors (Lipinski definition) is 3. The predicted molar refractivity (Wildman–Crippen MR) is 74.4 cm³/mol. The topological polar surface area (TPSA) is 75.9 Å². The Morgan fingerprint density at radius 3 is 2.10 bits per heavy atom. The molecule has 21 heavy (non-hydrogen) atoms. The Hall–Kier alpha value is -1.57. The van der Waals surface area contributed by atoms with Gasteiger partial charge in [0, 0.05) is 12.6 Å². The standard InChI is InChI=1S/C13H20F3N5/c1-11(2)7(12(11,3)4)6-18-8-5-9(21-17)20-10(19-8)13(14,15)16/h5,7H,6,17H2,1-4H3,(H2,18,19,20,21). The Bertz CT molecular complexity index is 525.